The predicted octanol–water partition coefficient (Wildman–Crippen LogP) is 3.75. The maximum absolute atomic E-state index is 6.18. The molecule has 0 radical (unpaired) electrons. The summed E-state index contributed by atoms with van der Waals surface area (Å²) < 4.78 is 7.27. The van der Waals surface area contributed by atoms with Gasteiger partial charge in [0.2, 0.25) is 0 Å². The molecule has 1 saturated heterocycles. The van der Waals surface area contributed by atoms with Gasteiger partial charge in [0.05, 0.1) is 10.4 Å². The number of aromatic nitrogens is 3. The third-order valence-corrected chi connectivity index (χ3v) is 5.67. The van der Waals surface area contributed by atoms with Crippen LogP contribution in [0.1, 0.15) is 24.1 Å². The number of benzene rings is 1. The van der Waals surface area contributed by atoms with Crippen LogP contribution in [0.15, 0.2) is 30.6 Å². The van der Waals surface area contributed by atoms with Gasteiger partial charge in [0, 0.05) is 25.9 Å². The highest BCUT2D eigenvalue weighted by Gasteiger charge is 2.23. The van der Waals surface area contributed by atoms with Crippen LogP contribution in [-0.2, 0) is 0 Å². The van der Waals surface area contributed by atoms with Gasteiger partial charge in [0.1, 0.15) is 18.2 Å². The van der Waals surface area contributed by atoms with Gasteiger partial charge < -0.3 is 9.64 Å². The van der Waals surface area contributed by atoms with Gasteiger partial charge in [0.25, 0.3) is 0 Å². The Morgan fingerprint density at radius 3 is 2.67 bits per heavy atom. The minimum atomic E-state index is 0.276. The lowest BCUT2D eigenvalue weighted by atomic mass is 10.1. The summed E-state index contributed by atoms with van der Waals surface area (Å²) in [4.78, 5) is 15.5. The first-order valence-electron chi connectivity index (χ1n) is 8.26. The van der Waals surface area contributed by atoms with Crippen molar-refractivity contribution in [3.05, 3.63) is 41.9 Å². The van der Waals surface area contributed by atoms with E-state index in [1.54, 1.807) is 17.7 Å². The lowest BCUT2D eigenvalue weighted by Gasteiger charge is -2.32. The first-order valence-corrected chi connectivity index (χ1v) is 9.08. The van der Waals surface area contributed by atoms with Crippen LogP contribution < -0.4 is 9.64 Å². The molecule has 1 aliphatic heterocycles. The van der Waals surface area contributed by atoms with E-state index >= 15 is 0 Å². The molecule has 1 aliphatic rings. The van der Waals surface area contributed by atoms with E-state index in [9.17, 15) is 0 Å². The molecule has 3 heterocycles. The van der Waals surface area contributed by atoms with Gasteiger partial charge in [-0.15, -0.1) is 0 Å². The predicted molar refractivity (Wildman–Crippen MR) is 97.0 cm³/mol. The summed E-state index contributed by atoms with van der Waals surface area (Å²) in [6.45, 7) is 6.02. The second-order valence-corrected chi connectivity index (χ2v) is 7.16. The lowest BCUT2D eigenvalue weighted by Crippen LogP contribution is -2.38. The molecule has 4 rings (SSSR count). The average Bonchev–Trinajstić information content (AvgIpc) is 3.03. The van der Waals surface area contributed by atoms with Gasteiger partial charge in [0.15, 0.2) is 10.8 Å². The molecule has 3 aromatic rings. The van der Waals surface area contributed by atoms with Crippen LogP contribution in [0.2, 0.25) is 0 Å². The first kappa shape index (κ1) is 15.3. The van der Waals surface area contributed by atoms with E-state index < -0.39 is 0 Å². The Bertz CT molecular complexity index is 855. The smallest absolute Gasteiger partial charge is 0.188 e. The molecule has 0 spiro atoms. The van der Waals surface area contributed by atoms with Crippen molar-refractivity contribution in [1.29, 1.82) is 0 Å². The number of aryl methyl sites for hydroxylation is 2. The Morgan fingerprint density at radius 2 is 1.92 bits per heavy atom. The van der Waals surface area contributed by atoms with Gasteiger partial charge in [-0.1, -0.05) is 29.5 Å². The number of hydrogen-bond donors (Lipinski definition) is 0. The van der Waals surface area contributed by atoms with Crippen LogP contribution in [-0.4, -0.2) is 34.1 Å². The molecular formula is C18H20N4OS. The van der Waals surface area contributed by atoms with Crippen molar-refractivity contribution in [3.8, 4) is 5.75 Å². The number of rotatable bonds is 3. The molecule has 2 aromatic heterocycles. The van der Waals surface area contributed by atoms with Crippen LogP contribution in [0.5, 0.6) is 5.75 Å². The Labute approximate surface area is 145 Å². The van der Waals surface area contributed by atoms with Crippen molar-refractivity contribution in [2.75, 3.05) is 18.0 Å². The minimum absolute atomic E-state index is 0.276. The molecule has 0 atom stereocenters. The monoisotopic (exact) mass is 340 g/mol. The maximum Gasteiger partial charge on any atom is 0.188 e. The van der Waals surface area contributed by atoms with E-state index in [1.807, 2.05) is 19.1 Å². The Kier molecular flexibility index (Phi) is 4.06. The Morgan fingerprint density at radius 1 is 1.12 bits per heavy atom. The third-order valence-electron chi connectivity index (χ3n) is 4.46. The second-order valence-electron chi connectivity index (χ2n) is 6.18. The fraction of sp³-hybridized carbons (Fsp3) is 0.389. The average molecular weight is 340 g/mol. The number of fused-ring (bicyclic) bond motifs is 1. The number of anilines is 1. The molecule has 5 nitrogen and oxygen atoms in total. The molecule has 1 fully saturated rings. The van der Waals surface area contributed by atoms with Crippen molar-refractivity contribution in [3.63, 3.8) is 0 Å². The fourth-order valence-electron chi connectivity index (χ4n) is 3.02. The molecule has 0 amide bonds. The zero-order chi connectivity index (χ0) is 16.5. The molecule has 24 heavy (non-hydrogen) atoms. The maximum atomic E-state index is 6.18. The van der Waals surface area contributed by atoms with Gasteiger partial charge in [-0.2, -0.15) is 4.98 Å². The molecule has 0 N–H and O–H groups in total. The molecule has 0 bridgehead atoms. The highest BCUT2D eigenvalue weighted by molar-refractivity contribution is 7.22. The van der Waals surface area contributed by atoms with Crippen molar-refractivity contribution in [2.45, 2.75) is 32.8 Å². The lowest BCUT2D eigenvalue weighted by molar-refractivity contribution is 0.170. The van der Waals surface area contributed by atoms with Crippen LogP contribution in [0, 0.1) is 13.8 Å². The Balaban J connectivity index is 1.44. The van der Waals surface area contributed by atoms with Gasteiger partial charge in [-0.25, -0.2) is 9.97 Å². The zero-order valence-electron chi connectivity index (χ0n) is 13.9. The normalized spacial score (nSPS) is 15.8. The first-order chi connectivity index (χ1) is 11.7. The minimum Gasteiger partial charge on any atom is -0.490 e. The van der Waals surface area contributed by atoms with Gasteiger partial charge in [-0.3, -0.25) is 0 Å². The van der Waals surface area contributed by atoms with E-state index in [1.165, 1.54) is 5.56 Å². The number of nitrogens with zero attached hydrogens (tertiary/aromatic N) is 4. The summed E-state index contributed by atoms with van der Waals surface area (Å²) in [6.07, 6.45) is 3.88. The van der Waals surface area contributed by atoms with Gasteiger partial charge >= 0.3 is 0 Å². The molecule has 0 unspecified atom stereocenters. The van der Waals surface area contributed by atoms with Crippen molar-refractivity contribution in [2.24, 2.45) is 0 Å². The van der Waals surface area contributed by atoms with Crippen molar-refractivity contribution >= 4 is 26.8 Å². The summed E-state index contributed by atoms with van der Waals surface area (Å²) in [5.74, 6) is 1.00. The van der Waals surface area contributed by atoms with Crippen molar-refractivity contribution in [1.82, 2.24) is 15.0 Å². The SMILES string of the molecule is Cc1ccccc1OC1CCN(c2nc3ncnc(C)c3s2)CC1. The largest absolute Gasteiger partial charge is 0.490 e. The summed E-state index contributed by atoms with van der Waals surface area (Å²) in [5.41, 5.74) is 3.00. The number of piperidine rings is 1. The van der Waals surface area contributed by atoms with E-state index in [-0.39, 0.29) is 6.10 Å². The van der Waals surface area contributed by atoms with Crippen molar-refractivity contribution < 1.29 is 4.74 Å². The molecule has 6 heteroatoms. The summed E-state index contributed by atoms with van der Waals surface area (Å²) in [7, 11) is 0. The molecule has 124 valence electrons. The zero-order valence-corrected chi connectivity index (χ0v) is 14.7. The number of hydrogen-bond acceptors (Lipinski definition) is 6. The standard InChI is InChI=1S/C18H20N4OS/c1-12-5-3-4-6-15(12)23-14-7-9-22(10-8-14)18-21-17-16(24-18)13(2)19-11-20-17/h3-6,11,14H,7-10H2,1-2H3. The van der Waals surface area contributed by atoms with E-state index in [2.05, 4.69) is 38.9 Å². The highest BCUT2D eigenvalue weighted by Crippen LogP contribution is 2.31. The summed E-state index contributed by atoms with van der Waals surface area (Å²) in [5, 5.41) is 1.04. The number of thiazole rings is 1. The molecule has 1 aromatic carbocycles. The highest BCUT2D eigenvalue weighted by atomic mass is 32.1. The third kappa shape index (κ3) is 2.94. The van der Waals surface area contributed by atoms with Crippen LogP contribution >= 0.6 is 11.3 Å². The molecule has 0 saturated carbocycles. The van der Waals surface area contributed by atoms with Crippen LogP contribution in [0.4, 0.5) is 5.13 Å². The van der Waals surface area contributed by atoms with E-state index in [4.69, 9.17) is 4.74 Å². The topological polar surface area (TPSA) is 51.1 Å². The Hall–Kier alpha value is -2.21. The second kappa shape index (κ2) is 6.36. The van der Waals surface area contributed by atoms with Crippen LogP contribution in [0.25, 0.3) is 10.3 Å². The molecular weight excluding hydrogens is 320 g/mol. The van der Waals surface area contributed by atoms with Crippen LogP contribution in [0.3, 0.4) is 0 Å². The number of ether oxygens (including phenoxy) is 1. The van der Waals surface area contributed by atoms with E-state index in [0.717, 1.165) is 52.9 Å². The quantitative estimate of drug-likeness (QED) is 0.727. The number of para-hydroxylation sites is 1. The fourth-order valence-corrected chi connectivity index (χ4v) is 4.04. The van der Waals surface area contributed by atoms with E-state index in [0.29, 0.717) is 0 Å². The summed E-state index contributed by atoms with van der Waals surface area (Å²) in [6, 6.07) is 8.22. The molecule has 0 aliphatic carbocycles. The summed E-state index contributed by atoms with van der Waals surface area (Å²) >= 11 is 1.69. The van der Waals surface area contributed by atoms with Gasteiger partial charge in [-0.05, 0) is 25.5 Å².